The first-order valence-corrected chi connectivity index (χ1v) is 7.31. The summed E-state index contributed by atoms with van der Waals surface area (Å²) in [6.45, 7) is 4.90. The number of hydrogen-bond acceptors (Lipinski definition) is 2. The van der Waals surface area contributed by atoms with E-state index in [1.807, 2.05) is 6.92 Å². The molecule has 1 rings (SSSR count). The Hall–Kier alpha value is 0.540. The molecule has 13 heavy (non-hydrogen) atoms. The molecule has 0 spiro atoms. The largest absolute Gasteiger partial charge is 1.00 e. The highest BCUT2D eigenvalue weighted by Crippen LogP contribution is 2.64. The topological polar surface area (TPSA) is 26.3 Å². The summed E-state index contributed by atoms with van der Waals surface area (Å²) in [7, 11) is -1.04. The van der Waals surface area contributed by atoms with Crippen LogP contribution < -0.4 is 17.0 Å². The normalized spacial score (nSPS) is 22.0. The number of ether oxygens (including phenoxy) is 1. The first-order valence-electron chi connectivity index (χ1n) is 4.64. The minimum absolute atomic E-state index is 0. The molecule has 1 heterocycles. The molecule has 1 saturated heterocycles. The molecule has 78 valence electrons. The molecule has 1 atom stereocenters. The summed E-state index contributed by atoms with van der Waals surface area (Å²) in [6, 6.07) is 0. The highest BCUT2D eigenvalue weighted by molar-refractivity contribution is 7.76. The van der Waals surface area contributed by atoms with E-state index in [-0.39, 0.29) is 22.8 Å². The van der Waals surface area contributed by atoms with E-state index in [2.05, 4.69) is 6.66 Å². The monoisotopic (exact) mass is 268 g/mol. The summed E-state index contributed by atoms with van der Waals surface area (Å²) in [5, 5.41) is 0. The van der Waals surface area contributed by atoms with E-state index in [9.17, 15) is 4.79 Å². The number of carbonyl (C=O) groups is 1. The molecule has 2 nitrogen and oxygen atoms in total. The van der Waals surface area contributed by atoms with Crippen LogP contribution >= 0.6 is 7.26 Å². The van der Waals surface area contributed by atoms with Crippen molar-refractivity contribution in [1.29, 1.82) is 0 Å². The van der Waals surface area contributed by atoms with Gasteiger partial charge in [0.05, 0.1) is 19.0 Å². The molecular formula is C9H18BrO2P. The fourth-order valence-electron chi connectivity index (χ4n) is 1.85. The minimum atomic E-state index is -1.04. The lowest BCUT2D eigenvalue weighted by Gasteiger charge is -2.22. The van der Waals surface area contributed by atoms with Crippen LogP contribution in [0.3, 0.4) is 0 Å². The van der Waals surface area contributed by atoms with E-state index in [4.69, 9.17) is 4.74 Å². The van der Waals surface area contributed by atoms with Crippen LogP contribution in [-0.2, 0) is 9.53 Å². The van der Waals surface area contributed by atoms with Crippen molar-refractivity contribution >= 4 is 13.5 Å². The van der Waals surface area contributed by atoms with Crippen LogP contribution in [0.2, 0.25) is 0 Å². The van der Waals surface area contributed by atoms with E-state index in [0.717, 1.165) is 6.29 Å². The lowest BCUT2D eigenvalue weighted by Crippen LogP contribution is -3.00. The van der Waals surface area contributed by atoms with E-state index in [1.165, 1.54) is 25.2 Å². The van der Waals surface area contributed by atoms with Gasteiger partial charge in [-0.3, -0.25) is 4.79 Å². The van der Waals surface area contributed by atoms with Crippen molar-refractivity contribution in [2.75, 3.05) is 25.6 Å². The zero-order valence-corrected chi connectivity index (χ0v) is 10.8. The third kappa shape index (κ3) is 3.30. The molecule has 1 aliphatic heterocycles. The Kier molecular flexibility index (Phi) is 6.36. The molecule has 0 N–H and O–H groups in total. The van der Waals surface area contributed by atoms with Gasteiger partial charge in [0.25, 0.3) is 0 Å². The van der Waals surface area contributed by atoms with Gasteiger partial charge in [0.1, 0.15) is 0 Å². The van der Waals surface area contributed by atoms with Crippen LogP contribution in [0.1, 0.15) is 19.8 Å². The maximum Gasteiger partial charge on any atom is 0.222 e. The van der Waals surface area contributed by atoms with Gasteiger partial charge in [0, 0.05) is 13.9 Å². The predicted octanol–water partition coefficient (Wildman–Crippen LogP) is -1.01. The van der Waals surface area contributed by atoms with Gasteiger partial charge in [0.15, 0.2) is 6.29 Å². The van der Waals surface area contributed by atoms with Crippen molar-refractivity contribution < 1.29 is 26.5 Å². The highest BCUT2D eigenvalue weighted by Gasteiger charge is 2.44. The molecule has 4 heteroatoms. The Balaban J connectivity index is 0.00000144. The summed E-state index contributed by atoms with van der Waals surface area (Å²) in [5.74, 6) is -0.0648. The lowest BCUT2D eigenvalue weighted by molar-refractivity contribution is -0.113. The Morgan fingerprint density at radius 1 is 1.46 bits per heavy atom. The fraction of sp³-hybridized carbons (Fsp3) is 0.889. The first-order chi connectivity index (χ1) is 5.73. The molecule has 1 unspecified atom stereocenters. The maximum atomic E-state index is 10.8. The lowest BCUT2D eigenvalue weighted by atomic mass is 10.4. The molecule has 0 amide bonds. The van der Waals surface area contributed by atoms with Crippen LogP contribution in [0.25, 0.3) is 0 Å². The second kappa shape index (κ2) is 6.10. The van der Waals surface area contributed by atoms with Crippen molar-refractivity contribution in [3.63, 3.8) is 0 Å². The molecule has 0 aromatic carbocycles. The van der Waals surface area contributed by atoms with Gasteiger partial charge >= 0.3 is 0 Å². The molecule has 0 aromatic heterocycles. The molecule has 0 aromatic rings. The van der Waals surface area contributed by atoms with E-state index >= 15 is 0 Å². The van der Waals surface area contributed by atoms with Crippen molar-refractivity contribution in [2.45, 2.75) is 25.6 Å². The second-order valence-corrected chi connectivity index (χ2v) is 7.98. The van der Waals surface area contributed by atoms with Gasteiger partial charge in [-0.05, 0) is 19.8 Å². The third-order valence-electron chi connectivity index (χ3n) is 2.66. The number of hydrogen-bond donors (Lipinski definition) is 0. The summed E-state index contributed by atoms with van der Waals surface area (Å²) >= 11 is 0. The van der Waals surface area contributed by atoms with Crippen LogP contribution in [0, 0.1) is 0 Å². The van der Waals surface area contributed by atoms with Gasteiger partial charge in [-0.1, -0.05) is 0 Å². The molecular weight excluding hydrogens is 251 g/mol. The highest BCUT2D eigenvalue weighted by atomic mass is 79.9. The summed E-state index contributed by atoms with van der Waals surface area (Å²) in [6.07, 6.45) is 6.10. The molecule has 0 saturated carbocycles. The Morgan fingerprint density at radius 3 is 2.38 bits per heavy atom. The van der Waals surface area contributed by atoms with Gasteiger partial charge in [-0.15, -0.1) is 0 Å². The Bertz CT molecular complexity index is 158. The van der Waals surface area contributed by atoms with Gasteiger partial charge in [-0.2, -0.15) is 0 Å². The van der Waals surface area contributed by atoms with Crippen LogP contribution in [0.5, 0.6) is 0 Å². The Morgan fingerprint density at radius 2 is 2.00 bits per heavy atom. The maximum absolute atomic E-state index is 10.8. The van der Waals surface area contributed by atoms with E-state index in [0.29, 0.717) is 6.61 Å². The molecule has 0 bridgehead atoms. The molecule has 1 fully saturated rings. The number of aldehydes is 1. The first kappa shape index (κ1) is 13.5. The van der Waals surface area contributed by atoms with Crippen molar-refractivity contribution in [1.82, 2.24) is 0 Å². The smallest absolute Gasteiger partial charge is 0.222 e. The van der Waals surface area contributed by atoms with Gasteiger partial charge in [-0.25, -0.2) is 0 Å². The average molecular weight is 269 g/mol. The van der Waals surface area contributed by atoms with Crippen LogP contribution in [-0.4, -0.2) is 37.7 Å². The van der Waals surface area contributed by atoms with Gasteiger partial charge < -0.3 is 21.7 Å². The molecule has 0 radical (unpaired) electrons. The van der Waals surface area contributed by atoms with Crippen LogP contribution in [0.4, 0.5) is 0 Å². The number of carbonyl (C=O) groups excluding carboxylic acids is 1. The molecule has 0 aliphatic carbocycles. The third-order valence-corrected chi connectivity index (χ3v) is 6.83. The standard InChI is InChI=1S/C9H18O2P.BrH/c1-3-11-9(8-10)12(2)6-4-5-7-12;/h8-9H,3-7H2,1-2H3;1H/q+1;/p-1. The van der Waals surface area contributed by atoms with E-state index < -0.39 is 7.26 Å². The van der Waals surface area contributed by atoms with Crippen LogP contribution in [0.15, 0.2) is 0 Å². The SMILES string of the molecule is CCOC(C=O)[P+]1(C)CCCC1.[Br-]. The quantitative estimate of drug-likeness (QED) is 0.483. The van der Waals surface area contributed by atoms with Gasteiger partial charge in [0.2, 0.25) is 5.85 Å². The minimum Gasteiger partial charge on any atom is -1.00 e. The van der Waals surface area contributed by atoms with Crippen molar-refractivity contribution in [3.05, 3.63) is 0 Å². The predicted molar refractivity (Wildman–Crippen MR) is 53.3 cm³/mol. The van der Waals surface area contributed by atoms with E-state index in [1.54, 1.807) is 0 Å². The average Bonchev–Trinajstić information content (AvgIpc) is 2.49. The Labute approximate surface area is 91.5 Å². The summed E-state index contributed by atoms with van der Waals surface area (Å²) in [5.41, 5.74) is 0. The van der Waals surface area contributed by atoms with Crippen molar-refractivity contribution in [3.8, 4) is 0 Å². The van der Waals surface area contributed by atoms with Crippen molar-refractivity contribution in [2.24, 2.45) is 0 Å². The summed E-state index contributed by atoms with van der Waals surface area (Å²) < 4.78 is 5.46. The second-order valence-electron chi connectivity index (χ2n) is 3.62. The number of rotatable bonds is 4. The fourth-order valence-corrected chi connectivity index (χ4v) is 5.28. The zero-order valence-electron chi connectivity index (χ0n) is 8.33. The molecule has 1 aliphatic rings. The summed E-state index contributed by atoms with van der Waals surface area (Å²) in [4.78, 5) is 10.8. The number of halogens is 1. The zero-order chi connectivity index (χ0) is 9.03.